The van der Waals surface area contributed by atoms with Crippen molar-refractivity contribution in [3.8, 4) is 0 Å². The molecule has 108 valence electrons. The van der Waals surface area contributed by atoms with E-state index in [1.807, 2.05) is 4.90 Å². The zero-order valence-corrected chi connectivity index (χ0v) is 11.6. The number of carboxylic acid groups (broad SMARTS) is 1. The molecule has 1 aliphatic rings. The van der Waals surface area contributed by atoms with E-state index in [0.29, 0.717) is 11.7 Å². The van der Waals surface area contributed by atoms with Gasteiger partial charge >= 0.3 is 12.0 Å². The van der Waals surface area contributed by atoms with E-state index in [2.05, 4.69) is 12.2 Å². The van der Waals surface area contributed by atoms with E-state index in [4.69, 9.17) is 5.11 Å². The summed E-state index contributed by atoms with van der Waals surface area (Å²) >= 11 is 0. The number of unbranched alkanes of at least 4 members (excludes halogenated alkanes) is 1. The standard InChI is InChI=1S/C15H20N2O3/c1-2-3-10-17(13-8-9-13)15(20)16-12-6-4-11(5-7-12)14(18)19/h4-7,13H,2-3,8-10H2,1H3,(H,16,20)(H,18,19). The highest BCUT2D eigenvalue weighted by Crippen LogP contribution is 2.27. The van der Waals surface area contributed by atoms with Gasteiger partial charge in [-0.3, -0.25) is 0 Å². The summed E-state index contributed by atoms with van der Waals surface area (Å²) in [5, 5.41) is 11.7. The van der Waals surface area contributed by atoms with Gasteiger partial charge in [0, 0.05) is 18.3 Å². The Kier molecular flexibility index (Phi) is 4.61. The third kappa shape index (κ3) is 3.73. The monoisotopic (exact) mass is 276 g/mol. The Balaban J connectivity index is 1.96. The highest BCUT2D eigenvalue weighted by Gasteiger charge is 2.32. The second-order valence-electron chi connectivity index (χ2n) is 5.09. The Morgan fingerprint density at radius 2 is 1.95 bits per heavy atom. The molecule has 0 spiro atoms. The molecule has 1 aromatic rings. The predicted molar refractivity (Wildman–Crippen MR) is 77.1 cm³/mol. The number of nitrogens with one attached hydrogen (secondary N) is 1. The van der Waals surface area contributed by atoms with Crippen LogP contribution in [0.2, 0.25) is 0 Å². The van der Waals surface area contributed by atoms with Crippen LogP contribution < -0.4 is 5.32 Å². The fraction of sp³-hybridized carbons (Fsp3) is 0.467. The van der Waals surface area contributed by atoms with Crippen LogP contribution in [0.15, 0.2) is 24.3 Å². The van der Waals surface area contributed by atoms with E-state index in [0.717, 1.165) is 32.2 Å². The predicted octanol–water partition coefficient (Wildman–Crippen LogP) is 3.18. The van der Waals surface area contributed by atoms with Gasteiger partial charge in [-0.15, -0.1) is 0 Å². The number of rotatable bonds is 6. The van der Waals surface area contributed by atoms with E-state index in [1.165, 1.54) is 12.1 Å². The van der Waals surface area contributed by atoms with Gasteiger partial charge < -0.3 is 15.3 Å². The molecule has 0 aromatic heterocycles. The zero-order chi connectivity index (χ0) is 14.5. The lowest BCUT2D eigenvalue weighted by Crippen LogP contribution is -2.37. The number of carbonyl (C=O) groups is 2. The molecule has 1 saturated carbocycles. The average Bonchev–Trinajstić information content (AvgIpc) is 3.24. The molecular weight excluding hydrogens is 256 g/mol. The van der Waals surface area contributed by atoms with Gasteiger partial charge in [0.1, 0.15) is 0 Å². The quantitative estimate of drug-likeness (QED) is 0.838. The first-order valence-electron chi connectivity index (χ1n) is 7.02. The molecule has 0 atom stereocenters. The van der Waals surface area contributed by atoms with Gasteiger partial charge in [-0.25, -0.2) is 9.59 Å². The van der Waals surface area contributed by atoms with Gasteiger partial charge in [-0.2, -0.15) is 0 Å². The summed E-state index contributed by atoms with van der Waals surface area (Å²) in [7, 11) is 0. The minimum atomic E-state index is -0.967. The van der Waals surface area contributed by atoms with Crippen LogP contribution in [0.25, 0.3) is 0 Å². The van der Waals surface area contributed by atoms with Crippen molar-refractivity contribution in [2.24, 2.45) is 0 Å². The fourth-order valence-corrected chi connectivity index (χ4v) is 2.06. The van der Waals surface area contributed by atoms with Gasteiger partial charge in [0.05, 0.1) is 5.56 Å². The van der Waals surface area contributed by atoms with Crippen molar-refractivity contribution >= 4 is 17.7 Å². The number of amides is 2. The van der Waals surface area contributed by atoms with Crippen molar-refractivity contribution in [2.45, 2.75) is 38.6 Å². The second kappa shape index (κ2) is 6.41. The number of benzene rings is 1. The lowest BCUT2D eigenvalue weighted by Gasteiger charge is -2.22. The largest absolute Gasteiger partial charge is 0.478 e. The molecule has 0 bridgehead atoms. The summed E-state index contributed by atoms with van der Waals surface area (Å²) in [6.45, 7) is 2.88. The van der Waals surface area contributed by atoms with Crippen molar-refractivity contribution in [1.29, 1.82) is 0 Å². The number of hydrogen-bond donors (Lipinski definition) is 2. The van der Waals surface area contributed by atoms with Crippen LogP contribution in [-0.2, 0) is 0 Å². The lowest BCUT2D eigenvalue weighted by molar-refractivity contribution is 0.0697. The van der Waals surface area contributed by atoms with E-state index in [-0.39, 0.29) is 11.6 Å². The Morgan fingerprint density at radius 3 is 2.45 bits per heavy atom. The Morgan fingerprint density at radius 1 is 1.30 bits per heavy atom. The first-order valence-corrected chi connectivity index (χ1v) is 7.02. The van der Waals surface area contributed by atoms with Crippen LogP contribution in [0.1, 0.15) is 43.0 Å². The highest BCUT2D eigenvalue weighted by molar-refractivity contribution is 5.91. The molecule has 20 heavy (non-hydrogen) atoms. The maximum Gasteiger partial charge on any atom is 0.335 e. The molecule has 2 amide bonds. The minimum absolute atomic E-state index is 0.0935. The van der Waals surface area contributed by atoms with Crippen LogP contribution in [0.5, 0.6) is 0 Å². The van der Waals surface area contributed by atoms with Crippen LogP contribution in [0.4, 0.5) is 10.5 Å². The van der Waals surface area contributed by atoms with Gasteiger partial charge in [0.25, 0.3) is 0 Å². The third-order valence-corrected chi connectivity index (χ3v) is 3.38. The first-order chi connectivity index (χ1) is 9.61. The minimum Gasteiger partial charge on any atom is -0.478 e. The smallest absolute Gasteiger partial charge is 0.335 e. The summed E-state index contributed by atoms with van der Waals surface area (Å²) in [6.07, 6.45) is 4.22. The summed E-state index contributed by atoms with van der Waals surface area (Å²) in [5.74, 6) is -0.967. The maximum absolute atomic E-state index is 12.2. The van der Waals surface area contributed by atoms with Gasteiger partial charge in [0.15, 0.2) is 0 Å². The number of urea groups is 1. The topological polar surface area (TPSA) is 69.6 Å². The van der Waals surface area contributed by atoms with E-state index >= 15 is 0 Å². The number of anilines is 1. The van der Waals surface area contributed by atoms with Crippen LogP contribution in [0, 0.1) is 0 Å². The molecule has 0 unspecified atom stereocenters. The molecule has 0 heterocycles. The normalized spacial score (nSPS) is 13.8. The SMILES string of the molecule is CCCCN(C(=O)Nc1ccc(C(=O)O)cc1)C1CC1. The Labute approximate surface area is 118 Å². The zero-order valence-electron chi connectivity index (χ0n) is 11.6. The average molecular weight is 276 g/mol. The van der Waals surface area contributed by atoms with Crippen LogP contribution in [-0.4, -0.2) is 34.6 Å². The van der Waals surface area contributed by atoms with Crippen LogP contribution >= 0.6 is 0 Å². The van der Waals surface area contributed by atoms with Gasteiger partial charge in [-0.1, -0.05) is 13.3 Å². The molecule has 0 radical (unpaired) electrons. The molecule has 0 saturated heterocycles. The lowest BCUT2D eigenvalue weighted by atomic mass is 10.2. The summed E-state index contributed by atoms with van der Waals surface area (Å²) < 4.78 is 0. The molecular formula is C15H20N2O3. The van der Waals surface area contributed by atoms with Crippen molar-refractivity contribution in [3.63, 3.8) is 0 Å². The third-order valence-electron chi connectivity index (χ3n) is 3.38. The number of carboxylic acids is 1. The summed E-state index contributed by atoms with van der Waals surface area (Å²) in [6, 6.07) is 6.50. The highest BCUT2D eigenvalue weighted by atomic mass is 16.4. The van der Waals surface area contributed by atoms with Crippen molar-refractivity contribution in [3.05, 3.63) is 29.8 Å². The molecule has 1 aliphatic carbocycles. The number of nitrogens with zero attached hydrogens (tertiary/aromatic N) is 1. The molecule has 1 fully saturated rings. The fourth-order valence-electron chi connectivity index (χ4n) is 2.06. The number of hydrogen-bond acceptors (Lipinski definition) is 2. The van der Waals surface area contributed by atoms with Crippen molar-refractivity contribution in [2.75, 3.05) is 11.9 Å². The van der Waals surface area contributed by atoms with Crippen molar-refractivity contribution in [1.82, 2.24) is 4.90 Å². The molecule has 0 aliphatic heterocycles. The van der Waals surface area contributed by atoms with Gasteiger partial charge in [0.2, 0.25) is 0 Å². The first kappa shape index (κ1) is 14.4. The molecule has 2 N–H and O–H groups in total. The van der Waals surface area contributed by atoms with Crippen LogP contribution in [0.3, 0.4) is 0 Å². The molecule has 1 aromatic carbocycles. The van der Waals surface area contributed by atoms with E-state index in [9.17, 15) is 9.59 Å². The molecule has 5 nitrogen and oxygen atoms in total. The maximum atomic E-state index is 12.2. The Bertz CT molecular complexity index is 480. The van der Waals surface area contributed by atoms with E-state index in [1.54, 1.807) is 12.1 Å². The summed E-state index contributed by atoms with van der Waals surface area (Å²) in [5.41, 5.74) is 0.843. The number of aromatic carboxylic acids is 1. The summed E-state index contributed by atoms with van der Waals surface area (Å²) in [4.78, 5) is 24.9. The number of carbonyl (C=O) groups excluding carboxylic acids is 1. The molecule has 5 heteroatoms. The Hall–Kier alpha value is -2.04. The van der Waals surface area contributed by atoms with Crippen molar-refractivity contribution < 1.29 is 14.7 Å². The molecule has 2 rings (SSSR count). The van der Waals surface area contributed by atoms with Gasteiger partial charge in [-0.05, 0) is 43.5 Å². The van der Waals surface area contributed by atoms with E-state index < -0.39 is 5.97 Å². The second-order valence-corrected chi connectivity index (χ2v) is 5.09.